The summed E-state index contributed by atoms with van der Waals surface area (Å²) < 4.78 is 20.9. The molecule has 0 fully saturated rings. The van der Waals surface area contributed by atoms with Crippen molar-refractivity contribution in [1.29, 1.82) is 0 Å². The fourth-order valence-corrected chi connectivity index (χ4v) is 2.44. The number of aryl methyl sites for hydroxylation is 1. The molecule has 0 bridgehead atoms. The molecule has 0 aliphatic carbocycles. The molecule has 0 aliphatic heterocycles. The van der Waals surface area contributed by atoms with Gasteiger partial charge in [0.05, 0.1) is 25.0 Å². The quantitative estimate of drug-likeness (QED) is 0.715. The first-order chi connectivity index (χ1) is 12.2. The fraction of sp³-hybridized carbons (Fsp3) is 0.278. The number of hydrogen-bond acceptors (Lipinski definition) is 5. The smallest absolute Gasteiger partial charge is 0.223 e. The largest absolute Gasteiger partial charge is 0.383 e. The Labute approximate surface area is 145 Å². The van der Waals surface area contributed by atoms with Crippen LogP contribution in [0, 0.1) is 12.7 Å². The van der Waals surface area contributed by atoms with Crippen LogP contribution in [0.2, 0.25) is 0 Å². The number of halogens is 1. The van der Waals surface area contributed by atoms with Crippen LogP contribution < -0.4 is 5.32 Å². The molecule has 0 spiro atoms. The standard InChI is InChI=1S/C18H20FN5O/c1-13-9-20-18(23-17(13)15-5-3-4-6-16(15)19)21-10-14-11-22-24(12-14)7-8-25-2/h3-6,9,11-12H,7-8,10H2,1-2H3,(H,20,21,23). The van der Waals surface area contributed by atoms with Gasteiger partial charge >= 0.3 is 0 Å². The summed E-state index contributed by atoms with van der Waals surface area (Å²) in [6, 6.07) is 6.60. The van der Waals surface area contributed by atoms with Crippen LogP contribution in [0.3, 0.4) is 0 Å². The van der Waals surface area contributed by atoms with Crippen molar-refractivity contribution in [3.63, 3.8) is 0 Å². The van der Waals surface area contributed by atoms with Gasteiger partial charge in [0.2, 0.25) is 5.95 Å². The Bertz CT molecular complexity index is 849. The highest BCUT2D eigenvalue weighted by molar-refractivity contribution is 5.64. The summed E-state index contributed by atoms with van der Waals surface area (Å²) in [6.07, 6.45) is 5.42. The Hall–Kier alpha value is -2.80. The molecule has 0 radical (unpaired) electrons. The summed E-state index contributed by atoms with van der Waals surface area (Å²) in [5.74, 6) is 0.156. The van der Waals surface area contributed by atoms with E-state index in [1.54, 1.807) is 37.7 Å². The maximum absolute atomic E-state index is 14.0. The molecule has 2 aromatic heterocycles. The van der Waals surface area contributed by atoms with E-state index in [2.05, 4.69) is 20.4 Å². The van der Waals surface area contributed by atoms with Crippen LogP contribution in [0.25, 0.3) is 11.3 Å². The average Bonchev–Trinajstić information content (AvgIpc) is 3.08. The lowest BCUT2D eigenvalue weighted by molar-refractivity contribution is 0.183. The van der Waals surface area contributed by atoms with Crippen molar-refractivity contribution in [3.8, 4) is 11.3 Å². The summed E-state index contributed by atoms with van der Waals surface area (Å²) in [5.41, 5.74) is 2.89. The zero-order chi connectivity index (χ0) is 17.6. The van der Waals surface area contributed by atoms with Crippen molar-refractivity contribution in [1.82, 2.24) is 19.7 Å². The first-order valence-corrected chi connectivity index (χ1v) is 8.00. The lowest BCUT2D eigenvalue weighted by atomic mass is 10.1. The van der Waals surface area contributed by atoms with Crippen molar-refractivity contribution in [3.05, 3.63) is 59.8 Å². The summed E-state index contributed by atoms with van der Waals surface area (Å²) in [5, 5.41) is 7.42. The van der Waals surface area contributed by atoms with E-state index in [1.807, 2.05) is 17.8 Å². The number of ether oxygens (including phenoxy) is 1. The first-order valence-electron chi connectivity index (χ1n) is 8.00. The molecule has 0 saturated heterocycles. The van der Waals surface area contributed by atoms with Crippen molar-refractivity contribution in [2.24, 2.45) is 0 Å². The van der Waals surface area contributed by atoms with E-state index in [0.717, 1.165) is 11.1 Å². The molecule has 1 aromatic carbocycles. The molecule has 3 rings (SSSR count). The van der Waals surface area contributed by atoms with E-state index >= 15 is 0 Å². The zero-order valence-corrected chi connectivity index (χ0v) is 14.2. The predicted octanol–water partition coefficient (Wildman–Crippen LogP) is 3.05. The maximum Gasteiger partial charge on any atom is 0.223 e. The number of aromatic nitrogens is 4. The van der Waals surface area contributed by atoms with Crippen LogP contribution in [0.15, 0.2) is 42.9 Å². The monoisotopic (exact) mass is 341 g/mol. The van der Waals surface area contributed by atoms with E-state index < -0.39 is 0 Å². The molecular weight excluding hydrogens is 321 g/mol. The van der Waals surface area contributed by atoms with Gasteiger partial charge in [-0.2, -0.15) is 5.10 Å². The minimum Gasteiger partial charge on any atom is -0.383 e. The van der Waals surface area contributed by atoms with E-state index in [0.29, 0.717) is 36.9 Å². The van der Waals surface area contributed by atoms with E-state index in [4.69, 9.17) is 4.74 Å². The average molecular weight is 341 g/mol. The molecule has 25 heavy (non-hydrogen) atoms. The minimum atomic E-state index is -0.297. The van der Waals surface area contributed by atoms with Crippen LogP contribution >= 0.6 is 0 Å². The minimum absolute atomic E-state index is 0.297. The number of hydrogen-bond donors (Lipinski definition) is 1. The Kier molecular flexibility index (Phi) is 5.35. The molecule has 0 saturated carbocycles. The first kappa shape index (κ1) is 17.0. The van der Waals surface area contributed by atoms with Crippen LogP contribution in [0.1, 0.15) is 11.1 Å². The predicted molar refractivity (Wildman–Crippen MR) is 93.6 cm³/mol. The summed E-state index contributed by atoms with van der Waals surface area (Å²) in [4.78, 5) is 8.74. The second-order valence-electron chi connectivity index (χ2n) is 5.66. The third-order valence-corrected chi connectivity index (χ3v) is 3.76. The fourth-order valence-electron chi connectivity index (χ4n) is 2.44. The number of rotatable bonds is 7. The van der Waals surface area contributed by atoms with Crippen LogP contribution in [0.5, 0.6) is 0 Å². The molecule has 7 heteroatoms. The lowest BCUT2D eigenvalue weighted by Gasteiger charge is -2.09. The highest BCUT2D eigenvalue weighted by Gasteiger charge is 2.10. The highest BCUT2D eigenvalue weighted by atomic mass is 19.1. The number of nitrogens with zero attached hydrogens (tertiary/aromatic N) is 4. The van der Waals surface area contributed by atoms with Gasteiger partial charge < -0.3 is 10.1 Å². The Balaban J connectivity index is 1.72. The van der Waals surface area contributed by atoms with Gasteiger partial charge in [-0.05, 0) is 24.6 Å². The van der Waals surface area contributed by atoms with E-state index in [1.165, 1.54) is 6.07 Å². The SMILES string of the molecule is COCCn1cc(CNc2ncc(C)c(-c3ccccc3F)n2)cn1. The maximum atomic E-state index is 14.0. The summed E-state index contributed by atoms with van der Waals surface area (Å²) >= 11 is 0. The molecule has 130 valence electrons. The third-order valence-electron chi connectivity index (χ3n) is 3.76. The second-order valence-corrected chi connectivity index (χ2v) is 5.66. The summed E-state index contributed by atoms with van der Waals surface area (Å²) in [6.45, 7) is 3.72. The topological polar surface area (TPSA) is 64.9 Å². The highest BCUT2D eigenvalue weighted by Crippen LogP contribution is 2.24. The molecule has 0 amide bonds. The normalized spacial score (nSPS) is 10.8. The van der Waals surface area contributed by atoms with Crippen molar-refractivity contribution >= 4 is 5.95 Å². The van der Waals surface area contributed by atoms with Crippen LogP contribution in [-0.4, -0.2) is 33.5 Å². The van der Waals surface area contributed by atoms with Crippen LogP contribution in [-0.2, 0) is 17.8 Å². The second kappa shape index (κ2) is 7.85. The van der Waals surface area contributed by atoms with Gasteiger partial charge in [0, 0.05) is 37.2 Å². The van der Waals surface area contributed by atoms with Crippen molar-refractivity contribution < 1.29 is 9.13 Å². The Morgan fingerprint density at radius 3 is 2.88 bits per heavy atom. The van der Waals surface area contributed by atoms with Gasteiger partial charge in [-0.3, -0.25) is 4.68 Å². The molecule has 2 heterocycles. The van der Waals surface area contributed by atoms with Gasteiger partial charge in [0.15, 0.2) is 0 Å². The molecule has 0 aliphatic rings. The van der Waals surface area contributed by atoms with E-state index in [9.17, 15) is 4.39 Å². The number of anilines is 1. The van der Waals surface area contributed by atoms with Gasteiger partial charge in [-0.15, -0.1) is 0 Å². The van der Waals surface area contributed by atoms with Gasteiger partial charge in [0.25, 0.3) is 0 Å². The molecule has 1 N–H and O–H groups in total. The van der Waals surface area contributed by atoms with Gasteiger partial charge in [-0.1, -0.05) is 12.1 Å². The van der Waals surface area contributed by atoms with Crippen LogP contribution in [0.4, 0.5) is 10.3 Å². The zero-order valence-electron chi connectivity index (χ0n) is 14.2. The van der Waals surface area contributed by atoms with E-state index in [-0.39, 0.29) is 5.82 Å². The summed E-state index contributed by atoms with van der Waals surface area (Å²) in [7, 11) is 1.66. The molecule has 3 aromatic rings. The van der Waals surface area contributed by atoms with Gasteiger partial charge in [-0.25, -0.2) is 14.4 Å². The van der Waals surface area contributed by atoms with Crippen molar-refractivity contribution in [2.45, 2.75) is 20.0 Å². The molecule has 0 unspecified atom stereocenters. The molecule has 6 nitrogen and oxygen atoms in total. The number of benzene rings is 1. The molecular formula is C18H20FN5O. The Morgan fingerprint density at radius 2 is 2.08 bits per heavy atom. The molecule has 0 atom stereocenters. The number of methoxy groups -OCH3 is 1. The number of nitrogens with one attached hydrogen (secondary N) is 1. The Morgan fingerprint density at radius 1 is 1.24 bits per heavy atom. The van der Waals surface area contributed by atoms with Crippen molar-refractivity contribution in [2.75, 3.05) is 19.0 Å². The third kappa shape index (κ3) is 4.19. The lowest BCUT2D eigenvalue weighted by Crippen LogP contribution is -2.06. The van der Waals surface area contributed by atoms with Gasteiger partial charge in [0.1, 0.15) is 5.82 Å².